The molecular formula is C23H22N4O4. The Morgan fingerprint density at radius 2 is 1.32 bits per heavy atom. The van der Waals surface area contributed by atoms with Gasteiger partial charge in [-0.2, -0.15) is 0 Å². The van der Waals surface area contributed by atoms with Crippen LogP contribution in [0.5, 0.6) is 0 Å². The summed E-state index contributed by atoms with van der Waals surface area (Å²) in [5.41, 5.74) is 2.69. The Bertz CT molecular complexity index is 1090. The van der Waals surface area contributed by atoms with Gasteiger partial charge < -0.3 is 16.0 Å². The molecule has 0 unspecified atom stereocenters. The lowest BCUT2D eigenvalue weighted by atomic mass is 10.0. The highest BCUT2D eigenvalue weighted by Crippen LogP contribution is 2.31. The largest absolute Gasteiger partial charge is 0.350 e. The first-order chi connectivity index (χ1) is 14.8. The quantitative estimate of drug-likeness (QED) is 0.473. The maximum Gasteiger partial charge on any atom is 0.278 e. The van der Waals surface area contributed by atoms with Crippen LogP contribution < -0.4 is 16.0 Å². The molecule has 0 fully saturated rings. The van der Waals surface area contributed by atoms with Gasteiger partial charge >= 0.3 is 0 Å². The minimum atomic E-state index is -0.461. The number of anilines is 3. The average Bonchev–Trinajstić information content (AvgIpc) is 2.94. The van der Waals surface area contributed by atoms with Crippen molar-refractivity contribution in [3.05, 3.63) is 72.4 Å². The van der Waals surface area contributed by atoms with Crippen molar-refractivity contribution in [1.29, 1.82) is 0 Å². The molecule has 4 amide bonds. The Morgan fingerprint density at radius 3 is 1.81 bits per heavy atom. The second-order valence-electron chi connectivity index (χ2n) is 6.90. The van der Waals surface area contributed by atoms with E-state index in [9.17, 15) is 19.2 Å². The van der Waals surface area contributed by atoms with Crippen molar-refractivity contribution in [3.8, 4) is 0 Å². The zero-order chi connectivity index (χ0) is 22.5. The molecule has 1 aliphatic rings. The Hall–Kier alpha value is -4.20. The molecule has 31 heavy (non-hydrogen) atoms. The summed E-state index contributed by atoms with van der Waals surface area (Å²) < 4.78 is 0. The van der Waals surface area contributed by atoms with Crippen molar-refractivity contribution >= 4 is 46.3 Å². The molecule has 3 rings (SSSR count). The van der Waals surface area contributed by atoms with Gasteiger partial charge in [-0.3, -0.25) is 24.1 Å². The molecule has 3 N–H and O–H groups in total. The second-order valence-corrected chi connectivity index (χ2v) is 6.90. The predicted octanol–water partition coefficient (Wildman–Crippen LogP) is 2.98. The van der Waals surface area contributed by atoms with E-state index < -0.39 is 11.8 Å². The van der Waals surface area contributed by atoms with Crippen LogP contribution in [0.25, 0.3) is 5.57 Å². The monoisotopic (exact) mass is 418 g/mol. The first-order valence-corrected chi connectivity index (χ1v) is 9.54. The molecule has 8 nitrogen and oxygen atoms in total. The van der Waals surface area contributed by atoms with E-state index in [1.165, 1.54) is 19.9 Å². The van der Waals surface area contributed by atoms with Gasteiger partial charge in [0.15, 0.2) is 0 Å². The van der Waals surface area contributed by atoms with Crippen molar-refractivity contribution in [1.82, 2.24) is 4.90 Å². The lowest BCUT2D eigenvalue weighted by Crippen LogP contribution is -2.32. The van der Waals surface area contributed by atoms with Crippen molar-refractivity contribution in [3.63, 3.8) is 0 Å². The standard InChI is InChI=1S/C23H22N4O4/c1-4-13-27-22(30)20(16-5-7-17(8-6-16)24-14(2)28)21(23(27)31)26-19-11-9-18(10-12-19)25-15(3)29/h4-12,26H,1,13H2,2-3H3,(H,24,28)(H,25,29). The van der Waals surface area contributed by atoms with E-state index in [1.54, 1.807) is 48.5 Å². The maximum atomic E-state index is 13.0. The van der Waals surface area contributed by atoms with E-state index in [0.29, 0.717) is 22.6 Å². The van der Waals surface area contributed by atoms with E-state index in [4.69, 9.17) is 0 Å². The van der Waals surface area contributed by atoms with Gasteiger partial charge in [0.1, 0.15) is 5.70 Å². The number of imide groups is 1. The zero-order valence-electron chi connectivity index (χ0n) is 17.2. The molecule has 0 bridgehead atoms. The number of nitrogens with one attached hydrogen (secondary N) is 3. The minimum absolute atomic E-state index is 0.0811. The van der Waals surface area contributed by atoms with Crippen LogP contribution in [0.4, 0.5) is 17.1 Å². The first-order valence-electron chi connectivity index (χ1n) is 9.54. The highest BCUT2D eigenvalue weighted by atomic mass is 16.2. The molecule has 1 aliphatic heterocycles. The third-order valence-corrected chi connectivity index (χ3v) is 4.45. The summed E-state index contributed by atoms with van der Waals surface area (Å²) >= 11 is 0. The van der Waals surface area contributed by atoms with Gasteiger partial charge in [0.05, 0.1) is 5.57 Å². The lowest BCUT2D eigenvalue weighted by Gasteiger charge is -2.12. The molecule has 1 heterocycles. The van der Waals surface area contributed by atoms with E-state index in [0.717, 1.165) is 4.90 Å². The van der Waals surface area contributed by atoms with Gasteiger partial charge in [-0.15, -0.1) is 6.58 Å². The van der Waals surface area contributed by atoms with Crippen molar-refractivity contribution in [2.24, 2.45) is 0 Å². The van der Waals surface area contributed by atoms with Crippen LogP contribution in [0, 0.1) is 0 Å². The number of nitrogens with zero attached hydrogens (tertiary/aromatic N) is 1. The van der Waals surface area contributed by atoms with Gasteiger partial charge in [0, 0.05) is 37.5 Å². The zero-order valence-corrected chi connectivity index (χ0v) is 17.2. The lowest BCUT2D eigenvalue weighted by molar-refractivity contribution is -0.136. The molecule has 0 radical (unpaired) electrons. The third-order valence-electron chi connectivity index (χ3n) is 4.45. The molecule has 158 valence electrons. The van der Waals surface area contributed by atoms with Crippen LogP contribution in [-0.4, -0.2) is 35.1 Å². The molecule has 0 spiro atoms. The number of amides is 4. The summed E-state index contributed by atoms with van der Waals surface area (Å²) in [6, 6.07) is 13.4. The second kappa shape index (κ2) is 9.08. The van der Waals surface area contributed by atoms with Crippen LogP contribution in [0.1, 0.15) is 19.4 Å². The number of carbonyl (C=O) groups excluding carboxylic acids is 4. The Morgan fingerprint density at radius 1 is 0.839 bits per heavy atom. The van der Waals surface area contributed by atoms with Crippen LogP contribution in [0.15, 0.2) is 66.9 Å². The fraction of sp³-hybridized carbons (Fsp3) is 0.130. The van der Waals surface area contributed by atoms with E-state index in [1.807, 2.05) is 0 Å². The summed E-state index contributed by atoms with van der Waals surface area (Å²) in [5.74, 6) is -1.29. The number of rotatable bonds is 7. The van der Waals surface area contributed by atoms with Gasteiger partial charge in [-0.1, -0.05) is 18.2 Å². The van der Waals surface area contributed by atoms with Gasteiger partial charge in [-0.25, -0.2) is 0 Å². The molecule has 2 aromatic rings. The first kappa shape index (κ1) is 21.5. The maximum absolute atomic E-state index is 13.0. The summed E-state index contributed by atoms with van der Waals surface area (Å²) in [6.45, 7) is 6.51. The van der Waals surface area contributed by atoms with Crippen LogP contribution in [-0.2, 0) is 19.2 Å². The molecule has 8 heteroatoms. The van der Waals surface area contributed by atoms with Crippen LogP contribution >= 0.6 is 0 Å². The van der Waals surface area contributed by atoms with Crippen molar-refractivity contribution in [2.45, 2.75) is 13.8 Å². The van der Waals surface area contributed by atoms with Crippen molar-refractivity contribution < 1.29 is 19.2 Å². The predicted molar refractivity (Wildman–Crippen MR) is 119 cm³/mol. The number of benzene rings is 2. The van der Waals surface area contributed by atoms with Crippen molar-refractivity contribution in [2.75, 3.05) is 22.5 Å². The Labute approximate surface area is 179 Å². The fourth-order valence-corrected chi connectivity index (χ4v) is 3.16. The number of hydrogen-bond donors (Lipinski definition) is 3. The van der Waals surface area contributed by atoms with E-state index in [-0.39, 0.29) is 29.6 Å². The topological polar surface area (TPSA) is 108 Å². The molecular weight excluding hydrogens is 396 g/mol. The minimum Gasteiger partial charge on any atom is -0.350 e. The fourth-order valence-electron chi connectivity index (χ4n) is 3.16. The molecule has 0 atom stereocenters. The normalized spacial score (nSPS) is 13.3. The Balaban J connectivity index is 1.96. The Kier molecular flexibility index (Phi) is 6.30. The molecule has 0 saturated carbocycles. The molecule has 0 aromatic heterocycles. The SMILES string of the molecule is C=CCN1C(=O)C(Nc2ccc(NC(C)=O)cc2)=C(c2ccc(NC(C)=O)cc2)C1=O. The number of carbonyl (C=O) groups is 4. The van der Waals surface area contributed by atoms with Gasteiger partial charge in [0.2, 0.25) is 11.8 Å². The summed E-state index contributed by atoms with van der Waals surface area (Å²) in [4.78, 5) is 49.5. The summed E-state index contributed by atoms with van der Waals surface area (Å²) in [5, 5.41) is 8.37. The molecule has 2 aromatic carbocycles. The van der Waals surface area contributed by atoms with E-state index in [2.05, 4.69) is 22.5 Å². The van der Waals surface area contributed by atoms with Crippen LogP contribution in [0.3, 0.4) is 0 Å². The van der Waals surface area contributed by atoms with E-state index >= 15 is 0 Å². The van der Waals surface area contributed by atoms with Crippen LogP contribution in [0.2, 0.25) is 0 Å². The van der Waals surface area contributed by atoms with Gasteiger partial charge in [0.25, 0.3) is 11.8 Å². The number of hydrogen-bond acceptors (Lipinski definition) is 5. The average molecular weight is 418 g/mol. The molecule has 0 aliphatic carbocycles. The highest BCUT2D eigenvalue weighted by molar-refractivity contribution is 6.36. The highest BCUT2D eigenvalue weighted by Gasteiger charge is 2.38. The smallest absolute Gasteiger partial charge is 0.278 e. The third kappa shape index (κ3) is 4.87. The summed E-state index contributed by atoms with van der Waals surface area (Å²) in [7, 11) is 0. The molecule has 0 saturated heterocycles. The summed E-state index contributed by atoms with van der Waals surface area (Å²) in [6.07, 6.45) is 1.48. The van der Waals surface area contributed by atoms with Gasteiger partial charge in [-0.05, 0) is 42.0 Å².